The minimum Gasteiger partial charge on any atom is -0.468 e. The minimum atomic E-state index is -4.22. The van der Waals surface area contributed by atoms with E-state index in [2.05, 4.69) is 15.9 Å². The molecule has 4 heterocycles. The monoisotopic (exact) mass is 573 g/mol. The first-order valence-corrected chi connectivity index (χ1v) is 14.0. The number of benzene rings is 1. The zero-order valence-corrected chi connectivity index (χ0v) is 22.7. The Kier molecular flexibility index (Phi) is 7.56. The smallest absolute Gasteiger partial charge is 0.462 e. The summed E-state index contributed by atoms with van der Waals surface area (Å²) in [6.07, 6.45) is 4.83. The summed E-state index contributed by atoms with van der Waals surface area (Å²) in [5, 5.41) is 11.3. The first-order chi connectivity index (χ1) is 19.1. The lowest BCUT2D eigenvalue weighted by Gasteiger charge is -2.31. The number of alkyl halides is 1. The van der Waals surface area contributed by atoms with Crippen LogP contribution in [0.3, 0.4) is 0 Å². The molecule has 0 radical (unpaired) electrons. The molecule has 2 aliphatic rings. The molecule has 2 aromatic heterocycles. The molecule has 0 aliphatic carbocycles. The topological polar surface area (TPSA) is 151 Å². The highest BCUT2D eigenvalue weighted by molar-refractivity contribution is 7.51. The third-order valence-corrected chi connectivity index (χ3v) is 9.17. The van der Waals surface area contributed by atoms with Gasteiger partial charge in [0.05, 0.1) is 24.7 Å². The number of halogens is 1. The van der Waals surface area contributed by atoms with Gasteiger partial charge in [-0.3, -0.25) is 9.32 Å². The lowest BCUT2D eigenvalue weighted by atomic mass is 9.98. The summed E-state index contributed by atoms with van der Waals surface area (Å²) in [6, 6.07) is 7.43. The molecule has 0 bridgehead atoms. The molecule has 12 nitrogen and oxygen atoms in total. The summed E-state index contributed by atoms with van der Waals surface area (Å²) in [7, 11) is -2.98. The number of nitrogens with two attached hydrogens (primary N) is 1. The van der Waals surface area contributed by atoms with Crippen LogP contribution in [0.4, 0.5) is 10.2 Å². The quantitative estimate of drug-likeness (QED) is 0.233. The van der Waals surface area contributed by atoms with Crippen LogP contribution in [-0.2, 0) is 23.4 Å². The van der Waals surface area contributed by atoms with Gasteiger partial charge >= 0.3 is 13.7 Å². The van der Waals surface area contributed by atoms with Crippen LogP contribution < -0.4 is 10.3 Å². The van der Waals surface area contributed by atoms with Gasteiger partial charge in [0.15, 0.2) is 11.9 Å². The molecule has 40 heavy (non-hydrogen) atoms. The number of aliphatic hydroxyl groups excluding tert-OH is 1. The first-order valence-electron chi connectivity index (χ1n) is 12.5. The van der Waals surface area contributed by atoms with Gasteiger partial charge in [0, 0.05) is 12.7 Å². The largest absolute Gasteiger partial charge is 0.468 e. The van der Waals surface area contributed by atoms with Gasteiger partial charge in [-0.2, -0.15) is 4.67 Å². The van der Waals surface area contributed by atoms with Crippen LogP contribution in [0.5, 0.6) is 5.75 Å². The summed E-state index contributed by atoms with van der Waals surface area (Å²) in [5.74, 6) is 2.24. The number of nitrogens with zero attached hydrogens (tertiary/aromatic N) is 4. The van der Waals surface area contributed by atoms with E-state index in [4.69, 9.17) is 30.7 Å². The molecule has 1 aromatic carbocycles. The number of ether oxygens (including phenoxy) is 2. The van der Waals surface area contributed by atoms with Gasteiger partial charge in [0.1, 0.15) is 41.8 Å². The number of hydrogen-bond donors (Lipinski definition) is 2. The van der Waals surface area contributed by atoms with Crippen molar-refractivity contribution >= 4 is 30.6 Å². The molecular weight excluding hydrogens is 544 g/mol. The van der Waals surface area contributed by atoms with E-state index in [9.17, 15) is 14.5 Å². The second-order valence-corrected chi connectivity index (χ2v) is 11.6. The highest BCUT2D eigenvalue weighted by Crippen LogP contribution is 2.56. The van der Waals surface area contributed by atoms with E-state index in [1.165, 1.54) is 35.8 Å². The van der Waals surface area contributed by atoms with E-state index in [1.807, 2.05) is 0 Å². The first kappa shape index (κ1) is 28.0. The summed E-state index contributed by atoms with van der Waals surface area (Å²) in [6.45, 7) is 0.874. The molecule has 2 unspecified atom stereocenters. The fourth-order valence-electron chi connectivity index (χ4n) is 5.10. The number of terminal acetylenes is 1. The number of hydrogen-bond acceptors (Lipinski definition) is 10. The second kappa shape index (κ2) is 10.8. The molecule has 0 amide bonds. The van der Waals surface area contributed by atoms with Gasteiger partial charge in [0.2, 0.25) is 0 Å². The second-order valence-electron chi connectivity index (χ2n) is 9.69. The molecular formula is C26H29FN5O7P. The normalized spacial score (nSPS) is 28.3. The van der Waals surface area contributed by atoms with Gasteiger partial charge in [0.25, 0.3) is 0 Å². The van der Waals surface area contributed by atoms with E-state index in [0.717, 1.165) is 0 Å². The highest BCUT2D eigenvalue weighted by atomic mass is 31.2. The number of para-hydroxylation sites is 1. The Morgan fingerprint density at radius 1 is 1.38 bits per heavy atom. The molecule has 2 saturated heterocycles. The number of anilines is 1. The Morgan fingerprint density at radius 2 is 2.12 bits per heavy atom. The number of esters is 1. The maximum atomic E-state index is 16.1. The van der Waals surface area contributed by atoms with Gasteiger partial charge in [-0.25, -0.2) is 18.9 Å². The Balaban J connectivity index is 1.43. The van der Waals surface area contributed by atoms with Crippen molar-refractivity contribution in [3.63, 3.8) is 0 Å². The molecule has 0 spiro atoms. The van der Waals surface area contributed by atoms with Crippen LogP contribution in [0.25, 0.3) is 11.0 Å². The number of carbonyl (C=O) groups excluding carboxylic acids is 1. The Bertz CT molecular complexity index is 1490. The fraction of sp³-hybridized carbons (Fsp3) is 0.423. The molecule has 6 atom stereocenters. The number of carbonyl (C=O) groups is 1. The van der Waals surface area contributed by atoms with Crippen LogP contribution in [-0.4, -0.2) is 74.5 Å². The fourth-order valence-corrected chi connectivity index (χ4v) is 7.07. The number of fused-ring (bicyclic) bond motifs is 1. The van der Waals surface area contributed by atoms with Crippen molar-refractivity contribution in [1.29, 1.82) is 0 Å². The third-order valence-electron chi connectivity index (χ3n) is 7.14. The lowest BCUT2D eigenvalue weighted by molar-refractivity contribution is -0.144. The molecule has 14 heteroatoms. The van der Waals surface area contributed by atoms with Crippen molar-refractivity contribution in [1.82, 2.24) is 19.2 Å². The van der Waals surface area contributed by atoms with Crippen molar-refractivity contribution in [3.05, 3.63) is 48.4 Å². The van der Waals surface area contributed by atoms with Crippen molar-refractivity contribution < 1.29 is 37.4 Å². The molecule has 212 valence electrons. The zero-order chi connectivity index (χ0) is 28.7. The number of rotatable bonds is 8. The van der Waals surface area contributed by atoms with Gasteiger partial charge in [-0.05, 0) is 31.9 Å². The van der Waals surface area contributed by atoms with Gasteiger partial charge in [-0.15, -0.1) is 6.42 Å². The van der Waals surface area contributed by atoms with Gasteiger partial charge < -0.3 is 29.4 Å². The third kappa shape index (κ3) is 4.82. The summed E-state index contributed by atoms with van der Waals surface area (Å²) < 4.78 is 55.4. The van der Waals surface area contributed by atoms with Crippen molar-refractivity contribution in [2.75, 3.05) is 26.0 Å². The van der Waals surface area contributed by atoms with E-state index in [0.29, 0.717) is 23.8 Å². The summed E-state index contributed by atoms with van der Waals surface area (Å²) >= 11 is 0. The maximum Gasteiger partial charge on any atom is 0.462 e. The molecule has 5 rings (SSSR count). The van der Waals surface area contributed by atoms with Crippen LogP contribution in [0, 0.1) is 12.3 Å². The number of aliphatic hydroxyl groups is 1. The van der Waals surface area contributed by atoms with Crippen molar-refractivity contribution in [2.45, 2.75) is 49.9 Å². The maximum absolute atomic E-state index is 16.1. The molecule has 2 fully saturated rings. The van der Waals surface area contributed by atoms with E-state index < -0.39 is 50.5 Å². The Morgan fingerprint density at radius 3 is 2.83 bits per heavy atom. The molecule has 0 saturated carbocycles. The number of methoxy groups -OCH3 is 1. The van der Waals surface area contributed by atoms with Crippen molar-refractivity contribution in [3.8, 4) is 18.1 Å². The summed E-state index contributed by atoms with van der Waals surface area (Å²) in [4.78, 5) is 20.6. The minimum absolute atomic E-state index is 0.112. The number of aromatic nitrogens is 3. The average Bonchev–Trinajstić information content (AvgIpc) is 3.64. The van der Waals surface area contributed by atoms with E-state index >= 15 is 4.39 Å². The molecule has 2 aliphatic heterocycles. The van der Waals surface area contributed by atoms with Crippen LogP contribution in [0.2, 0.25) is 0 Å². The van der Waals surface area contributed by atoms with Crippen molar-refractivity contribution in [2.24, 2.45) is 0 Å². The Hall–Kier alpha value is -3.53. The lowest BCUT2D eigenvalue weighted by Crippen LogP contribution is -2.41. The van der Waals surface area contributed by atoms with Gasteiger partial charge in [-0.1, -0.05) is 24.1 Å². The zero-order valence-electron chi connectivity index (χ0n) is 21.8. The predicted octanol–water partition coefficient (Wildman–Crippen LogP) is 2.82. The molecule has 3 aromatic rings. The van der Waals surface area contributed by atoms with Crippen LogP contribution in [0.15, 0.2) is 42.9 Å². The highest BCUT2D eigenvalue weighted by Gasteiger charge is 2.56. The summed E-state index contributed by atoms with van der Waals surface area (Å²) in [5.41, 5.74) is 4.18. The Labute approximate surface area is 229 Å². The molecule has 3 N–H and O–H groups in total. The number of nitrogen functional groups attached to an aromatic ring is 1. The van der Waals surface area contributed by atoms with E-state index in [-0.39, 0.29) is 23.8 Å². The van der Waals surface area contributed by atoms with Crippen LogP contribution >= 0.6 is 7.75 Å². The predicted molar refractivity (Wildman–Crippen MR) is 142 cm³/mol. The van der Waals surface area contributed by atoms with E-state index in [1.54, 1.807) is 30.3 Å². The SMILES string of the molecule is C#Cc1cn([C@@H]2O[C@H](COP(=O)(Oc3ccccc3)N3CCCC3C(=O)OC)[C@@H](O)[C@@]2(C)F)c2ncnc(N)c12. The van der Waals surface area contributed by atoms with Crippen LogP contribution in [0.1, 0.15) is 31.6 Å². The standard InChI is InChI=1S/C26H29FN5O7P/c1-4-16-13-31(23-20(16)22(28)29-15-30-23)25-26(2,27)21(33)19(38-25)14-37-40(35,39-17-9-6-5-7-10-17)32-12-8-11-18(32)24(34)36-3/h1,5-7,9-10,13,15,18-19,21,25,33H,8,11-12,14H2,2-3H3,(H2,28,29,30)/t18?,19-,21-,25-,26-,40?/m1/s1. The average molecular weight is 574 g/mol.